The molecule has 0 bridgehead atoms. The van der Waals surface area contributed by atoms with E-state index in [9.17, 15) is 18.0 Å². The van der Waals surface area contributed by atoms with Crippen molar-refractivity contribution in [1.29, 1.82) is 0 Å². The molecular formula is C19H29N3O5S. The van der Waals surface area contributed by atoms with Gasteiger partial charge in [-0.15, -0.1) is 0 Å². The summed E-state index contributed by atoms with van der Waals surface area (Å²) in [6, 6.07) is 5.25. The molecule has 2 rings (SSSR count). The Morgan fingerprint density at radius 2 is 1.71 bits per heavy atom. The van der Waals surface area contributed by atoms with E-state index >= 15 is 0 Å². The number of hydrogen-bond donors (Lipinski definition) is 1. The van der Waals surface area contributed by atoms with Crippen LogP contribution >= 0.6 is 0 Å². The highest BCUT2D eigenvalue weighted by Gasteiger charge is 2.31. The zero-order valence-electron chi connectivity index (χ0n) is 17.1. The first-order chi connectivity index (χ1) is 12.9. The minimum Gasteiger partial charge on any atom is -0.444 e. The van der Waals surface area contributed by atoms with E-state index in [0.29, 0.717) is 10.5 Å². The zero-order valence-corrected chi connectivity index (χ0v) is 17.9. The maximum Gasteiger partial charge on any atom is 0.408 e. The molecule has 156 valence electrons. The summed E-state index contributed by atoms with van der Waals surface area (Å²) in [4.78, 5) is 25.8. The third kappa shape index (κ3) is 5.68. The van der Waals surface area contributed by atoms with E-state index in [2.05, 4.69) is 5.32 Å². The molecule has 1 saturated heterocycles. The number of carbonyl (C=O) groups excluding carboxylic acids is 2. The van der Waals surface area contributed by atoms with Crippen molar-refractivity contribution in [1.82, 2.24) is 14.5 Å². The maximum absolute atomic E-state index is 12.9. The lowest BCUT2D eigenvalue weighted by Crippen LogP contribution is -2.52. The molecule has 0 atom stereocenters. The van der Waals surface area contributed by atoms with Gasteiger partial charge in [0.15, 0.2) is 0 Å². The molecule has 8 nitrogen and oxygen atoms in total. The highest BCUT2D eigenvalue weighted by atomic mass is 32.2. The number of piperazine rings is 1. The fourth-order valence-electron chi connectivity index (χ4n) is 2.98. The summed E-state index contributed by atoms with van der Waals surface area (Å²) in [6.07, 6.45) is -0.656. The van der Waals surface area contributed by atoms with Crippen molar-refractivity contribution < 1.29 is 22.7 Å². The second-order valence-electron chi connectivity index (χ2n) is 7.91. The Labute approximate surface area is 166 Å². The van der Waals surface area contributed by atoms with Crippen molar-refractivity contribution in [2.45, 2.75) is 45.1 Å². The number of amides is 2. The lowest BCUT2D eigenvalue weighted by molar-refractivity contribution is -0.131. The fourth-order valence-corrected chi connectivity index (χ4v) is 4.61. The van der Waals surface area contributed by atoms with Crippen molar-refractivity contribution in [2.24, 2.45) is 0 Å². The summed E-state index contributed by atoms with van der Waals surface area (Å²) < 4.78 is 32.3. The number of hydrogen-bond acceptors (Lipinski definition) is 5. The van der Waals surface area contributed by atoms with E-state index in [0.717, 1.165) is 5.56 Å². The van der Waals surface area contributed by atoms with Crippen LogP contribution < -0.4 is 5.32 Å². The highest BCUT2D eigenvalue weighted by Crippen LogP contribution is 2.22. The van der Waals surface area contributed by atoms with Gasteiger partial charge in [0.25, 0.3) is 0 Å². The first kappa shape index (κ1) is 22.2. The van der Waals surface area contributed by atoms with E-state index in [1.165, 1.54) is 4.31 Å². The molecule has 1 aromatic carbocycles. The van der Waals surface area contributed by atoms with Gasteiger partial charge in [-0.3, -0.25) is 4.79 Å². The Morgan fingerprint density at radius 1 is 1.11 bits per heavy atom. The standard InChI is InChI=1S/C19H29N3O5S/c1-14-6-7-16(15(2)12-14)28(25,26)22-10-8-21(9-11-22)17(23)13-20-18(24)27-19(3,4)5/h6-7,12H,8-11,13H2,1-5H3,(H,20,24). The number of sulfonamides is 1. The lowest BCUT2D eigenvalue weighted by atomic mass is 10.2. The number of nitrogens with one attached hydrogen (secondary N) is 1. The predicted octanol–water partition coefficient (Wildman–Crippen LogP) is 1.66. The maximum atomic E-state index is 12.9. The Morgan fingerprint density at radius 3 is 2.25 bits per heavy atom. The largest absolute Gasteiger partial charge is 0.444 e. The molecule has 0 unspecified atom stereocenters. The summed E-state index contributed by atoms with van der Waals surface area (Å²) in [5, 5.41) is 2.43. The SMILES string of the molecule is Cc1ccc(S(=O)(=O)N2CCN(C(=O)CNC(=O)OC(C)(C)C)CC2)c(C)c1. The summed E-state index contributed by atoms with van der Waals surface area (Å²) >= 11 is 0. The molecule has 9 heteroatoms. The normalized spacial score (nSPS) is 16.0. The average molecular weight is 412 g/mol. The van der Waals surface area contributed by atoms with Gasteiger partial charge < -0.3 is 15.0 Å². The first-order valence-corrected chi connectivity index (χ1v) is 10.7. The van der Waals surface area contributed by atoms with Gasteiger partial charge in [0.1, 0.15) is 12.1 Å². The number of alkyl carbamates (subject to hydrolysis) is 1. The smallest absolute Gasteiger partial charge is 0.408 e. The average Bonchev–Trinajstić information content (AvgIpc) is 2.58. The first-order valence-electron chi connectivity index (χ1n) is 9.22. The number of benzene rings is 1. The molecule has 1 aliphatic heterocycles. The Balaban J connectivity index is 1.91. The van der Waals surface area contributed by atoms with Gasteiger partial charge in [-0.2, -0.15) is 4.31 Å². The van der Waals surface area contributed by atoms with Gasteiger partial charge in [0, 0.05) is 26.2 Å². The van der Waals surface area contributed by atoms with Gasteiger partial charge in [0.2, 0.25) is 15.9 Å². The van der Waals surface area contributed by atoms with Gasteiger partial charge in [-0.25, -0.2) is 13.2 Å². The van der Waals surface area contributed by atoms with Crippen LogP contribution in [-0.2, 0) is 19.6 Å². The quantitative estimate of drug-likeness (QED) is 0.813. The van der Waals surface area contributed by atoms with Crippen LogP contribution in [-0.4, -0.2) is 67.9 Å². The summed E-state index contributed by atoms with van der Waals surface area (Å²) in [5.74, 6) is -0.269. The Bertz CT molecular complexity index is 838. The molecule has 0 aliphatic carbocycles. The minimum absolute atomic E-state index is 0.182. The number of rotatable bonds is 4. The van der Waals surface area contributed by atoms with Crippen LogP contribution in [0.15, 0.2) is 23.1 Å². The van der Waals surface area contributed by atoms with Gasteiger partial charge in [-0.05, 0) is 46.2 Å². The number of ether oxygens (including phenoxy) is 1. The van der Waals surface area contributed by atoms with E-state index in [1.807, 2.05) is 13.0 Å². The molecule has 1 aliphatic rings. The molecule has 1 fully saturated rings. The van der Waals surface area contributed by atoms with Crippen LogP contribution in [0.2, 0.25) is 0 Å². The fraction of sp³-hybridized carbons (Fsp3) is 0.579. The molecule has 2 amide bonds. The zero-order chi connectivity index (χ0) is 21.1. The highest BCUT2D eigenvalue weighted by molar-refractivity contribution is 7.89. The molecule has 1 aromatic rings. The van der Waals surface area contributed by atoms with Crippen molar-refractivity contribution >= 4 is 22.0 Å². The molecule has 28 heavy (non-hydrogen) atoms. The van der Waals surface area contributed by atoms with E-state index in [1.54, 1.807) is 44.7 Å². The number of nitrogens with zero attached hydrogens (tertiary/aromatic N) is 2. The molecule has 0 radical (unpaired) electrons. The van der Waals surface area contributed by atoms with Crippen LogP contribution in [0.5, 0.6) is 0 Å². The molecule has 1 N–H and O–H groups in total. The molecule has 0 aromatic heterocycles. The monoisotopic (exact) mass is 411 g/mol. The number of aryl methyl sites for hydroxylation is 2. The molecular weight excluding hydrogens is 382 g/mol. The Kier molecular flexibility index (Phi) is 6.71. The molecule has 0 spiro atoms. The lowest BCUT2D eigenvalue weighted by Gasteiger charge is -2.34. The predicted molar refractivity (Wildman–Crippen MR) is 105 cm³/mol. The van der Waals surface area contributed by atoms with Crippen LogP contribution in [0.1, 0.15) is 31.9 Å². The second-order valence-corrected chi connectivity index (χ2v) is 9.82. The van der Waals surface area contributed by atoms with Gasteiger partial charge >= 0.3 is 6.09 Å². The van der Waals surface area contributed by atoms with E-state index < -0.39 is 21.7 Å². The van der Waals surface area contributed by atoms with Crippen LogP contribution in [0, 0.1) is 13.8 Å². The van der Waals surface area contributed by atoms with Crippen molar-refractivity contribution in [2.75, 3.05) is 32.7 Å². The van der Waals surface area contributed by atoms with Crippen LogP contribution in [0.3, 0.4) is 0 Å². The van der Waals surface area contributed by atoms with E-state index in [4.69, 9.17) is 4.74 Å². The van der Waals surface area contributed by atoms with Gasteiger partial charge in [0.05, 0.1) is 4.90 Å². The third-order valence-corrected chi connectivity index (χ3v) is 6.38. The summed E-state index contributed by atoms with van der Waals surface area (Å²) in [6.45, 7) is 9.72. The Hall–Kier alpha value is -2.13. The van der Waals surface area contributed by atoms with E-state index in [-0.39, 0.29) is 38.6 Å². The van der Waals surface area contributed by atoms with Crippen molar-refractivity contribution in [3.8, 4) is 0 Å². The summed E-state index contributed by atoms with van der Waals surface area (Å²) in [5.41, 5.74) is 1.07. The van der Waals surface area contributed by atoms with Crippen molar-refractivity contribution in [3.05, 3.63) is 29.3 Å². The van der Waals surface area contributed by atoms with Crippen LogP contribution in [0.25, 0.3) is 0 Å². The minimum atomic E-state index is -3.60. The van der Waals surface area contributed by atoms with Gasteiger partial charge in [-0.1, -0.05) is 17.7 Å². The van der Waals surface area contributed by atoms with Crippen LogP contribution in [0.4, 0.5) is 4.79 Å². The third-order valence-electron chi connectivity index (χ3n) is 4.32. The molecule has 0 saturated carbocycles. The molecule has 1 heterocycles. The topological polar surface area (TPSA) is 96.0 Å². The summed E-state index contributed by atoms with van der Waals surface area (Å²) in [7, 11) is -3.60. The van der Waals surface area contributed by atoms with Crippen molar-refractivity contribution in [3.63, 3.8) is 0 Å². The number of carbonyl (C=O) groups is 2. The second kappa shape index (κ2) is 8.48.